The fourth-order valence-corrected chi connectivity index (χ4v) is 1.54. The molecule has 7 nitrogen and oxygen atoms in total. The van der Waals surface area contributed by atoms with Crippen LogP contribution in [0, 0.1) is 6.92 Å². The fourth-order valence-electron chi connectivity index (χ4n) is 1.32. The van der Waals surface area contributed by atoms with E-state index < -0.39 is 0 Å². The maximum atomic E-state index is 11.7. The molecule has 0 spiro atoms. The number of nitrogens with two attached hydrogens (primary N) is 1. The van der Waals surface area contributed by atoms with E-state index in [1.807, 2.05) is 6.92 Å². The van der Waals surface area contributed by atoms with Crippen molar-refractivity contribution < 1.29 is 4.79 Å². The second-order valence-electron chi connectivity index (χ2n) is 3.67. The van der Waals surface area contributed by atoms with Gasteiger partial charge in [-0.25, -0.2) is 14.6 Å². The summed E-state index contributed by atoms with van der Waals surface area (Å²) in [4.78, 5) is 19.5. The van der Waals surface area contributed by atoms with E-state index in [1.165, 1.54) is 11.0 Å². The summed E-state index contributed by atoms with van der Waals surface area (Å²) in [5, 5.41) is 6.49. The fraction of sp³-hybridized carbons (Fsp3) is 0.200. The number of nitrogens with zero attached hydrogens (tertiary/aromatic N) is 4. The van der Waals surface area contributed by atoms with Gasteiger partial charge in [-0.15, -0.1) is 5.10 Å². The van der Waals surface area contributed by atoms with E-state index in [4.69, 9.17) is 5.73 Å². The Labute approximate surface area is 112 Å². The van der Waals surface area contributed by atoms with E-state index in [1.54, 1.807) is 12.3 Å². The van der Waals surface area contributed by atoms with Crippen molar-refractivity contribution in [2.24, 2.45) is 0 Å². The molecule has 2 heterocycles. The average molecular weight is 311 g/mol. The van der Waals surface area contributed by atoms with Crippen molar-refractivity contribution >= 4 is 33.6 Å². The monoisotopic (exact) mass is 310 g/mol. The first kappa shape index (κ1) is 12.5. The number of carbonyl (C=O) groups is 1. The van der Waals surface area contributed by atoms with Crippen LogP contribution >= 0.6 is 15.9 Å². The zero-order chi connectivity index (χ0) is 13.1. The molecule has 18 heavy (non-hydrogen) atoms. The Morgan fingerprint density at radius 3 is 2.94 bits per heavy atom. The van der Waals surface area contributed by atoms with Crippen molar-refractivity contribution in [1.29, 1.82) is 0 Å². The third-order valence-corrected chi connectivity index (χ3v) is 3.00. The number of aromatic nitrogens is 4. The van der Waals surface area contributed by atoms with Crippen LogP contribution < -0.4 is 11.1 Å². The van der Waals surface area contributed by atoms with Crippen molar-refractivity contribution in [2.45, 2.75) is 13.5 Å². The molecular weight excluding hydrogens is 300 g/mol. The van der Waals surface area contributed by atoms with E-state index in [0.29, 0.717) is 5.82 Å². The highest BCUT2D eigenvalue weighted by molar-refractivity contribution is 9.10. The van der Waals surface area contributed by atoms with Crippen LogP contribution in [0.5, 0.6) is 0 Å². The normalized spacial score (nSPS) is 10.3. The topological polar surface area (TPSA) is 98.7 Å². The smallest absolute Gasteiger partial charge is 0.247 e. The van der Waals surface area contributed by atoms with Gasteiger partial charge in [0.25, 0.3) is 0 Å². The van der Waals surface area contributed by atoms with Crippen LogP contribution in [0.3, 0.4) is 0 Å². The molecule has 2 rings (SSSR count). The molecule has 0 aliphatic carbocycles. The molecule has 0 saturated heterocycles. The molecule has 94 valence electrons. The molecule has 0 aromatic carbocycles. The van der Waals surface area contributed by atoms with Crippen molar-refractivity contribution in [3.05, 3.63) is 28.6 Å². The van der Waals surface area contributed by atoms with Crippen LogP contribution in [0.4, 0.5) is 11.8 Å². The first-order valence-corrected chi connectivity index (χ1v) is 5.91. The molecule has 0 radical (unpaired) electrons. The Morgan fingerprint density at radius 1 is 1.56 bits per heavy atom. The molecule has 8 heteroatoms. The predicted molar refractivity (Wildman–Crippen MR) is 69.7 cm³/mol. The molecule has 0 fully saturated rings. The van der Waals surface area contributed by atoms with E-state index in [9.17, 15) is 4.79 Å². The summed E-state index contributed by atoms with van der Waals surface area (Å²) >= 11 is 3.34. The highest BCUT2D eigenvalue weighted by Crippen LogP contribution is 2.17. The Kier molecular flexibility index (Phi) is 3.56. The van der Waals surface area contributed by atoms with Gasteiger partial charge >= 0.3 is 0 Å². The lowest BCUT2D eigenvalue weighted by atomic mass is 10.3. The SMILES string of the molecule is Cc1cc(NC(=O)Cn2cnc(N)n2)ncc1Br. The summed E-state index contributed by atoms with van der Waals surface area (Å²) in [6, 6.07) is 1.78. The van der Waals surface area contributed by atoms with Gasteiger partial charge in [0.15, 0.2) is 0 Å². The molecule has 0 unspecified atom stereocenters. The van der Waals surface area contributed by atoms with Crippen LogP contribution in [-0.2, 0) is 11.3 Å². The predicted octanol–water partition coefficient (Wildman–Crippen LogP) is 0.965. The van der Waals surface area contributed by atoms with Gasteiger partial charge in [0.05, 0.1) is 0 Å². The highest BCUT2D eigenvalue weighted by Gasteiger charge is 2.07. The first-order valence-electron chi connectivity index (χ1n) is 5.11. The first-order chi connectivity index (χ1) is 8.54. The molecule has 3 N–H and O–H groups in total. The van der Waals surface area contributed by atoms with Crippen molar-refractivity contribution in [1.82, 2.24) is 19.7 Å². The van der Waals surface area contributed by atoms with Gasteiger partial charge in [0, 0.05) is 10.7 Å². The summed E-state index contributed by atoms with van der Waals surface area (Å²) in [6.45, 7) is 1.96. The average Bonchev–Trinajstić information content (AvgIpc) is 2.69. The lowest BCUT2D eigenvalue weighted by Gasteiger charge is -2.05. The molecule has 2 aromatic heterocycles. The molecule has 0 aliphatic heterocycles. The zero-order valence-corrected chi connectivity index (χ0v) is 11.2. The molecule has 0 aliphatic rings. The lowest BCUT2D eigenvalue weighted by Crippen LogP contribution is -2.19. The van der Waals surface area contributed by atoms with Crippen LogP contribution in [0.2, 0.25) is 0 Å². The maximum Gasteiger partial charge on any atom is 0.247 e. The minimum absolute atomic E-state index is 0.0427. The van der Waals surface area contributed by atoms with Gasteiger partial charge in [0.2, 0.25) is 11.9 Å². The lowest BCUT2D eigenvalue weighted by molar-refractivity contribution is -0.116. The van der Waals surface area contributed by atoms with E-state index >= 15 is 0 Å². The molecule has 0 saturated carbocycles. The zero-order valence-electron chi connectivity index (χ0n) is 9.59. The van der Waals surface area contributed by atoms with E-state index in [-0.39, 0.29) is 18.4 Å². The van der Waals surface area contributed by atoms with Crippen LogP contribution in [0.25, 0.3) is 0 Å². The second kappa shape index (κ2) is 5.13. The Balaban J connectivity index is 2.00. The minimum Gasteiger partial charge on any atom is -0.367 e. The summed E-state index contributed by atoms with van der Waals surface area (Å²) < 4.78 is 2.25. The number of hydrogen-bond donors (Lipinski definition) is 2. The van der Waals surface area contributed by atoms with E-state index in [2.05, 4.69) is 36.3 Å². The number of carbonyl (C=O) groups excluding carboxylic acids is 1. The highest BCUT2D eigenvalue weighted by atomic mass is 79.9. The number of amides is 1. The number of nitrogen functional groups attached to an aromatic ring is 1. The Bertz CT molecular complexity index is 581. The van der Waals surface area contributed by atoms with Crippen molar-refractivity contribution in [3.63, 3.8) is 0 Å². The molecule has 0 bridgehead atoms. The number of rotatable bonds is 3. The number of pyridine rings is 1. The second-order valence-corrected chi connectivity index (χ2v) is 4.52. The Hall–Kier alpha value is -1.96. The number of halogens is 1. The van der Waals surface area contributed by atoms with Crippen molar-refractivity contribution in [3.8, 4) is 0 Å². The quantitative estimate of drug-likeness (QED) is 0.880. The maximum absolute atomic E-state index is 11.7. The molecular formula is C10H11BrN6O. The number of hydrogen-bond acceptors (Lipinski definition) is 5. The third kappa shape index (κ3) is 3.04. The largest absolute Gasteiger partial charge is 0.367 e. The molecule has 0 atom stereocenters. The van der Waals surface area contributed by atoms with Gasteiger partial charge in [-0.2, -0.15) is 0 Å². The van der Waals surface area contributed by atoms with Gasteiger partial charge in [-0.1, -0.05) is 0 Å². The number of aryl methyl sites for hydroxylation is 1. The van der Waals surface area contributed by atoms with Gasteiger partial charge in [0.1, 0.15) is 18.7 Å². The summed E-state index contributed by atoms with van der Waals surface area (Å²) in [6.07, 6.45) is 3.04. The van der Waals surface area contributed by atoms with Gasteiger partial charge in [-0.05, 0) is 34.5 Å². The Morgan fingerprint density at radius 2 is 2.33 bits per heavy atom. The third-order valence-electron chi connectivity index (χ3n) is 2.17. The summed E-state index contributed by atoms with van der Waals surface area (Å²) in [7, 11) is 0. The van der Waals surface area contributed by atoms with Crippen LogP contribution in [0.1, 0.15) is 5.56 Å². The minimum atomic E-state index is -0.242. The van der Waals surface area contributed by atoms with Crippen molar-refractivity contribution in [2.75, 3.05) is 11.1 Å². The number of anilines is 2. The summed E-state index contributed by atoms with van der Waals surface area (Å²) in [5.41, 5.74) is 6.34. The van der Waals surface area contributed by atoms with Crippen LogP contribution in [0.15, 0.2) is 23.1 Å². The van der Waals surface area contributed by atoms with Gasteiger partial charge in [-0.3, -0.25) is 4.79 Å². The van der Waals surface area contributed by atoms with E-state index in [0.717, 1.165) is 10.0 Å². The summed E-state index contributed by atoms with van der Waals surface area (Å²) in [5.74, 6) is 0.392. The van der Waals surface area contributed by atoms with Crippen LogP contribution in [-0.4, -0.2) is 25.7 Å². The van der Waals surface area contributed by atoms with Gasteiger partial charge < -0.3 is 11.1 Å². The molecule has 1 amide bonds. The molecule has 2 aromatic rings. The number of nitrogens with one attached hydrogen (secondary N) is 1. The standard InChI is InChI=1S/C10H11BrN6O/c1-6-2-8(13-3-7(6)11)15-9(18)4-17-5-14-10(12)16-17/h2-3,5H,4H2,1H3,(H2,12,16)(H,13,15,18).